The predicted molar refractivity (Wildman–Crippen MR) is 85.8 cm³/mol. The minimum absolute atomic E-state index is 0.128. The highest BCUT2D eigenvalue weighted by Gasteiger charge is 2.25. The van der Waals surface area contributed by atoms with Crippen LogP contribution in [-0.2, 0) is 12.0 Å². The number of terminal acetylenes is 1. The van der Waals surface area contributed by atoms with Gasteiger partial charge in [0.1, 0.15) is 17.3 Å². The molecule has 2 aromatic rings. The lowest BCUT2D eigenvalue weighted by Gasteiger charge is -2.18. The molecule has 0 saturated heterocycles. The highest BCUT2D eigenvalue weighted by Crippen LogP contribution is 2.31. The van der Waals surface area contributed by atoms with Crippen molar-refractivity contribution in [3.8, 4) is 23.6 Å². The molecule has 0 saturated carbocycles. The molecule has 21 heavy (non-hydrogen) atoms. The first-order valence-electron chi connectivity index (χ1n) is 7.10. The number of hydrogen-bond acceptors (Lipinski definition) is 3. The standard InChI is InChI=1S/C16H23N5/c1-7-8-20-14(17)13(19-15(20)16(4,5)6)12-9-18-21(10-12)11(2)3/h1,9-11H,8,17H2,2-6H3. The number of hydrogen-bond donors (Lipinski definition) is 1. The zero-order valence-electron chi connectivity index (χ0n) is 13.4. The molecule has 2 aromatic heterocycles. The Bertz CT molecular complexity index is 677. The lowest BCUT2D eigenvalue weighted by molar-refractivity contribution is 0.517. The maximum atomic E-state index is 6.27. The summed E-state index contributed by atoms with van der Waals surface area (Å²) in [6.45, 7) is 10.9. The van der Waals surface area contributed by atoms with Crippen molar-refractivity contribution in [1.29, 1.82) is 0 Å². The predicted octanol–water partition coefficient (Wildman–Crippen LogP) is 2.84. The fraction of sp³-hybridized carbons (Fsp3) is 0.500. The molecule has 5 nitrogen and oxygen atoms in total. The van der Waals surface area contributed by atoms with Crippen LogP contribution in [0.2, 0.25) is 0 Å². The van der Waals surface area contributed by atoms with Crippen LogP contribution in [0.4, 0.5) is 5.82 Å². The molecular formula is C16H23N5. The fourth-order valence-corrected chi connectivity index (χ4v) is 2.24. The van der Waals surface area contributed by atoms with Crippen LogP contribution >= 0.6 is 0 Å². The van der Waals surface area contributed by atoms with Gasteiger partial charge in [0.25, 0.3) is 0 Å². The summed E-state index contributed by atoms with van der Waals surface area (Å²) in [5.74, 6) is 4.14. The molecule has 0 fully saturated rings. The van der Waals surface area contributed by atoms with Crippen molar-refractivity contribution in [3.05, 3.63) is 18.2 Å². The van der Waals surface area contributed by atoms with E-state index in [0.29, 0.717) is 18.4 Å². The molecule has 0 amide bonds. The summed E-state index contributed by atoms with van der Waals surface area (Å²) in [6, 6.07) is 0.301. The topological polar surface area (TPSA) is 61.7 Å². The molecular weight excluding hydrogens is 262 g/mol. The minimum Gasteiger partial charge on any atom is -0.383 e. The zero-order valence-corrected chi connectivity index (χ0v) is 13.4. The average Bonchev–Trinajstić information content (AvgIpc) is 2.95. The van der Waals surface area contributed by atoms with E-state index in [0.717, 1.165) is 17.1 Å². The molecule has 5 heteroatoms. The number of imidazole rings is 1. The monoisotopic (exact) mass is 285 g/mol. The third kappa shape index (κ3) is 2.80. The van der Waals surface area contributed by atoms with Crippen LogP contribution in [-0.4, -0.2) is 19.3 Å². The van der Waals surface area contributed by atoms with Crippen LogP contribution in [0.1, 0.15) is 46.5 Å². The number of nitrogen functional groups attached to an aromatic ring is 1. The van der Waals surface area contributed by atoms with Gasteiger partial charge in [-0.25, -0.2) is 4.98 Å². The van der Waals surface area contributed by atoms with E-state index in [-0.39, 0.29) is 5.41 Å². The van der Waals surface area contributed by atoms with E-state index in [2.05, 4.69) is 45.6 Å². The highest BCUT2D eigenvalue weighted by molar-refractivity contribution is 5.70. The molecule has 0 aliphatic heterocycles. The van der Waals surface area contributed by atoms with Gasteiger partial charge in [0.05, 0.1) is 12.7 Å². The van der Waals surface area contributed by atoms with Gasteiger partial charge in [0.2, 0.25) is 0 Å². The van der Waals surface area contributed by atoms with Gasteiger partial charge in [-0.3, -0.25) is 4.68 Å². The molecule has 2 N–H and O–H groups in total. The van der Waals surface area contributed by atoms with E-state index in [1.807, 2.05) is 15.4 Å². The lowest BCUT2D eigenvalue weighted by atomic mass is 9.95. The quantitative estimate of drug-likeness (QED) is 0.882. The summed E-state index contributed by atoms with van der Waals surface area (Å²) < 4.78 is 3.80. The Morgan fingerprint density at radius 3 is 2.52 bits per heavy atom. The Balaban J connectivity index is 2.57. The summed E-state index contributed by atoms with van der Waals surface area (Å²) in [7, 11) is 0. The molecule has 2 rings (SSSR count). The molecule has 0 aromatic carbocycles. The van der Waals surface area contributed by atoms with Gasteiger partial charge in [-0.15, -0.1) is 6.42 Å². The Morgan fingerprint density at radius 2 is 2.05 bits per heavy atom. The van der Waals surface area contributed by atoms with Crippen molar-refractivity contribution in [3.63, 3.8) is 0 Å². The molecule has 2 heterocycles. The Labute approximate surface area is 126 Å². The number of nitrogens with zero attached hydrogens (tertiary/aromatic N) is 4. The maximum Gasteiger partial charge on any atom is 0.132 e. The molecule has 0 aliphatic rings. The van der Waals surface area contributed by atoms with Gasteiger partial charge >= 0.3 is 0 Å². The lowest BCUT2D eigenvalue weighted by Crippen LogP contribution is -2.19. The van der Waals surface area contributed by atoms with Gasteiger partial charge in [-0.05, 0) is 13.8 Å². The van der Waals surface area contributed by atoms with Crippen LogP contribution in [0.5, 0.6) is 0 Å². The first kappa shape index (κ1) is 15.2. The van der Waals surface area contributed by atoms with Crippen molar-refractivity contribution in [2.75, 3.05) is 5.73 Å². The molecule has 0 aliphatic carbocycles. The highest BCUT2D eigenvalue weighted by atomic mass is 15.3. The average molecular weight is 285 g/mol. The molecule has 0 unspecified atom stereocenters. The van der Waals surface area contributed by atoms with E-state index in [4.69, 9.17) is 17.1 Å². The smallest absolute Gasteiger partial charge is 0.132 e. The Hall–Kier alpha value is -2.22. The normalized spacial score (nSPS) is 11.9. The molecule has 0 spiro atoms. The largest absolute Gasteiger partial charge is 0.383 e. The van der Waals surface area contributed by atoms with Crippen molar-refractivity contribution in [2.24, 2.45) is 0 Å². The minimum atomic E-state index is -0.128. The van der Waals surface area contributed by atoms with E-state index < -0.39 is 0 Å². The van der Waals surface area contributed by atoms with E-state index >= 15 is 0 Å². The van der Waals surface area contributed by atoms with Crippen molar-refractivity contribution in [1.82, 2.24) is 19.3 Å². The van der Waals surface area contributed by atoms with Crippen molar-refractivity contribution >= 4 is 5.82 Å². The Morgan fingerprint density at radius 1 is 1.38 bits per heavy atom. The van der Waals surface area contributed by atoms with Crippen LogP contribution in [0, 0.1) is 12.3 Å². The summed E-state index contributed by atoms with van der Waals surface area (Å²) in [4.78, 5) is 4.73. The first-order chi connectivity index (χ1) is 9.75. The number of nitrogens with two attached hydrogens (primary N) is 1. The molecule has 0 radical (unpaired) electrons. The van der Waals surface area contributed by atoms with E-state index in [1.165, 1.54) is 0 Å². The van der Waals surface area contributed by atoms with Crippen molar-refractivity contribution in [2.45, 2.75) is 52.6 Å². The van der Waals surface area contributed by atoms with Crippen molar-refractivity contribution < 1.29 is 0 Å². The summed E-state index contributed by atoms with van der Waals surface area (Å²) in [6.07, 6.45) is 9.23. The van der Waals surface area contributed by atoms with Crippen LogP contribution in [0.15, 0.2) is 12.4 Å². The number of rotatable bonds is 3. The van der Waals surface area contributed by atoms with Gasteiger partial charge in [-0.1, -0.05) is 26.7 Å². The summed E-state index contributed by atoms with van der Waals surface area (Å²) in [5, 5.41) is 4.35. The van der Waals surface area contributed by atoms with Gasteiger partial charge in [0.15, 0.2) is 0 Å². The van der Waals surface area contributed by atoms with E-state index in [9.17, 15) is 0 Å². The number of anilines is 1. The fourth-order valence-electron chi connectivity index (χ4n) is 2.24. The third-order valence-electron chi connectivity index (χ3n) is 3.33. The number of aromatic nitrogens is 4. The summed E-state index contributed by atoms with van der Waals surface area (Å²) >= 11 is 0. The van der Waals surface area contributed by atoms with Gasteiger partial charge in [-0.2, -0.15) is 5.10 Å². The zero-order chi connectivity index (χ0) is 15.8. The Kier molecular flexibility index (Phi) is 3.82. The maximum absolute atomic E-state index is 6.27. The molecule has 112 valence electrons. The summed E-state index contributed by atoms with van der Waals surface area (Å²) in [5.41, 5.74) is 7.82. The second-order valence-corrected chi connectivity index (χ2v) is 6.51. The molecule has 0 bridgehead atoms. The SMILES string of the molecule is C#CCn1c(C(C)(C)C)nc(-c2cnn(C(C)C)c2)c1N. The van der Waals surface area contributed by atoms with Crippen LogP contribution in [0.25, 0.3) is 11.3 Å². The van der Waals surface area contributed by atoms with Gasteiger partial charge in [0, 0.05) is 23.2 Å². The molecule has 0 atom stereocenters. The van der Waals surface area contributed by atoms with Crippen LogP contribution in [0.3, 0.4) is 0 Å². The first-order valence-corrected chi connectivity index (χ1v) is 7.10. The second-order valence-electron chi connectivity index (χ2n) is 6.51. The second kappa shape index (κ2) is 5.28. The van der Waals surface area contributed by atoms with E-state index in [1.54, 1.807) is 6.20 Å². The van der Waals surface area contributed by atoms with Gasteiger partial charge < -0.3 is 10.3 Å². The third-order valence-corrected chi connectivity index (χ3v) is 3.33. The van der Waals surface area contributed by atoms with Crippen LogP contribution < -0.4 is 5.73 Å².